The van der Waals surface area contributed by atoms with Crippen LogP contribution in [0.4, 0.5) is 0 Å². The van der Waals surface area contributed by atoms with Crippen LogP contribution in [-0.2, 0) is 0 Å². The number of hydrogen-bond acceptors (Lipinski definition) is 5. The van der Waals surface area contributed by atoms with Gasteiger partial charge in [-0.1, -0.05) is 11.6 Å². The van der Waals surface area contributed by atoms with E-state index in [0.717, 1.165) is 19.6 Å². The number of hydrogen-bond donors (Lipinski definition) is 2. The number of aliphatic hydroxyl groups excluding tert-OH is 1. The van der Waals surface area contributed by atoms with Crippen LogP contribution in [0, 0.1) is 11.8 Å². The molecule has 25 heavy (non-hydrogen) atoms. The molecular formula is C18H28ClN3O3. The maximum atomic E-state index is 12.7. The topological polar surface area (TPSA) is 67.2 Å². The normalized spacial score (nSPS) is 20.7. The van der Waals surface area contributed by atoms with Gasteiger partial charge in [-0.05, 0) is 45.3 Å². The van der Waals surface area contributed by atoms with E-state index in [1.54, 1.807) is 11.0 Å². The van der Waals surface area contributed by atoms with Crippen molar-refractivity contribution in [3.05, 3.63) is 28.8 Å². The second kappa shape index (κ2) is 8.85. The van der Waals surface area contributed by atoms with Gasteiger partial charge in [0.25, 0.3) is 5.91 Å². The first-order valence-corrected chi connectivity index (χ1v) is 8.91. The van der Waals surface area contributed by atoms with Crippen molar-refractivity contribution >= 4 is 17.5 Å². The van der Waals surface area contributed by atoms with E-state index < -0.39 is 0 Å². The van der Waals surface area contributed by atoms with Gasteiger partial charge in [-0.25, -0.2) is 0 Å². The van der Waals surface area contributed by atoms with Crippen LogP contribution in [0.5, 0.6) is 5.75 Å². The second-order valence-electron chi connectivity index (χ2n) is 7.14. The molecule has 2 rings (SSSR count). The van der Waals surface area contributed by atoms with Crippen molar-refractivity contribution < 1.29 is 15.0 Å². The van der Waals surface area contributed by atoms with Gasteiger partial charge in [-0.2, -0.15) is 0 Å². The maximum Gasteiger partial charge on any atom is 0.253 e. The highest BCUT2D eigenvalue weighted by Crippen LogP contribution is 2.28. The maximum absolute atomic E-state index is 12.7. The van der Waals surface area contributed by atoms with Gasteiger partial charge in [-0.15, -0.1) is 0 Å². The molecule has 1 saturated heterocycles. The Labute approximate surface area is 154 Å². The number of carbonyl (C=O) groups excluding carboxylic acids is 1. The summed E-state index contributed by atoms with van der Waals surface area (Å²) in [6.45, 7) is 4.01. The van der Waals surface area contributed by atoms with Crippen LogP contribution in [0.3, 0.4) is 0 Å². The van der Waals surface area contributed by atoms with Crippen LogP contribution in [0.1, 0.15) is 10.4 Å². The minimum absolute atomic E-state index is 0.0340. The lowest BCUT2D eigenvalue weighted by Crippen LogP contribution is -2.35. The van der Waals surface area contributed by atoms with E-state index in [2.05, 4.69) is 16.8 Å². The first-order valence-electron chi connectivity index (χ1n) is 8.53. The number of aliphatic hydroxyl groups is 1. The summed E-state index contributed by atoms with van der Waals surface area (Å²) >= 11 is 5.91. The fourth-order valence-corrected chi connectivity index (χ4v) is 3.38. The molecule has 1 fully saturated rings. The van der Waals surface area contributed by atoms with Crippen molar-refractivity contribution in [1.82, 2.24) is 14.7 Å². The third-order valence-corrected chi connectivity index (χ3v) is 5.07. The molecule has 0 aromatic heterocycles. The number of phenolic OH excluding ortho intramolecular Hbond substituents is 1. The Morgan fingerprint density at radius 3 is 2.52 bits per heavy atom. The summed E-state index contributed by atoms with van der Waals surface area (Å²) in [6.07, 6.45) is 0. The van der Waals surface area contributed by atoms with Crippen molar-refractivity contribution in [3.8, 4) is 5.75 Å². The first kappa shape index (κ1) is 20.0. The standard InChI is InChI=1S/C18H28ClN3O3/c1-20(2)6-7-21(3)9-14-10-22(11-15(14)12-23)18(25)13-4-5-17(24)16(19)8-13/h4-5,8,14-15,23-24H,6-7,9-12H2,1-3H3/t14-,15-/m1/s1. The number of aromatic hydroxyl groups is 1. The Morgan fingerprint density at radius 1 is 1.24 bits per heavy atom. The molecule has 0 radical (unpaired) electrons. The van der Waals surface area contributed by atoms with Gasteiger partial charge in [0.1, 0.15) is 5.75 Å². The molecule has 1 heterocycles. The molecule has 1 aliphatic heterocycles. The van der Waals surface area contributed by atoms with Gasteiger partial charge in [0.15, 0.2) is 0 Å². The Balaban J connectivity index is 1.99. The van der Waals surface area contributed by atoms with E-state index >= 15 is 0 Å². The van der Waals surface area contributed by atoms with E-state index in [4.69, 9.17) is 11.6 Å². The van der Waals surface area contributed by atoms with Gasteiger partial charge in [0.2, 0.25) is 0 Å². The number of amides is 1. The lowest BCUT2D eigenvalue weighted by Gasteiger charge is -2.25. The Hall–Kier alpha value is -1.34. The van der Waals surface area contributed by atoms with Crippen molar-refractivity contribution in [2.45, 2.75) is 0 Å². The molecule has 2 atom stereocenters. The van der Waals surface area contributed by atoms with E-state index in [9.17, 15) is 15.0 Å². The van der Waals surface area contributed by atoms with Crippen LogP contribution in [0.25, 0.3) is 0 Å². The molecule has 2 N–H and O–H groups in total. The van der Waals surface area contributed by atoms with Crippen molar-refractivity contribution in [2.75, 3.05) is 60.5 Å². The predicted octanol–water partition coefficient (Wildman–Crippen LogP) is 1.22. The average Bonchev–Trinajstić information content (AvgIpc) is 2.97. The number of likely N-dealkylation sites (tertiary alicyclic amines) is 1. The number of carbonyl (C=O) groups is 1. The highest BCUT2D eigenvalue weighted by Gasteiger charge is 2.35. The third kappa shape index (κ3) is 5.31. The highest BCUT2D eigenvalue weighted by molar-refractivity contribution is 6.32. The largest absolute Gasteiger partial charge is 0.506 e. The van der Waals surface area contributed by atoms with E-state index in [0.29, 0.717) is 18.7 Å². The molecule has 0 saturated carbocycles. The number of benzene rings is 1. The van der Waals surface area contributed by atoms with Crippen LogP contribution in [0.15, 0.2) is 18.2 Å². The highest BCUT2D eigenvalue weighted by atomic mass is 35.5. The Morgan fingerprint density at radius 2 is 1.92 bits per heavy atom. The zero-order valence-electron chi connectivity index (χ0n) is 15.2. The summed E-state index contributed by atoms with van der Waals surface area (Å²) in [5.41, 5.74) is 0.459. The van der Waals surface area contributed by atoms with Gasteiger partial charge in [-0.3, -0.25) is 4.79 Å². The molecule has 1 aromatic rings. The molecule has 0 spiro atoms. The molecule has 6 nitrogen and oxygen atoms in total. The van der Waals surface area contributed by atoms with Crippen LogP contribution >= 0.6 is 11.6 Å². The number of phenols is 1. The molecule has 0 bridgehead atoms. The van der Waals surface area contributed by atoms with Crippen molar-refractivity contribution in [1.29, 1.82) is 0 Å². The van der Waals surface area contributed by atoms with E-state index in [1.165, 1.54) is 12.1 Å². The quantitative estimate of drug-likeness (QED) is 0.756. The van der Waals surface area contributed by atoms with Crippen LogP contribution < -0.4 is 0 Å². The average molecular weight is 370 g/mol. The Kier molecular flexibility index (Phi) is 7.07. The minimum Gasteiger partial charge on any atom is -0.506 e. The van der Waals surface area contributed by atoms with E-state index in [-0.39, 0.29) is 35.1 Å². The molecule has 140 valence electrons. The van der Waals surface area contributed by atoms with E-state index in [1.807, 2.05) is 14.1 Å². The molecule has 0 aliphatic carbocycles. The number of rotatable bonds is 7. The van der Waals surface area contributed by atoms with Crippen LogP contribution in [-0.4, -0.2) is 91.3 Å². The number of halogens is 1. The first-order chi connectivity index (χ1) is 11.8. The molecular weight excluding hydrogens is 342 g/mol. The lowest BCUT2D eigenvalue weighted by molar-refractivity contribution is 0.0779. The fraction of sp³-hybridized carbons (Fsp3) is 0.611. The summed E-state index contributed by atoms with van der Waals surface area (Å²) in [6, 6.07) is 4.50. The predicted molar refractivity (Wildman–Crippen MR) is 99.1 cm³/mol. The molecule has 7 heteroatoms. The summed E-state index contributed by atoms with van der Waals surface area (Å²) in [4.78, 5) is 18.9. The summed E-state index contributed by atoms with van der Waals surface area (Å²) in [7, 11) is 6.16. The number of nitrogens with zero attached hydrogens (tertiary/aromatic N) is 3. The van der Waals surface area contributed by atoms with Gasteiger partial charge >= 0.3 is 0 Å². The SMILES string of the molecule is CN(C)CCN(C)C[C@@H]1CN(C(=O)c2ccc(O)c(Cl)c2)C[C@@H]1CO. The molecule has 1 aromatic carbocycles. The summed E-state index contributed by atoms with van der Waals surface area (Å²) in [5, 5.41) is 19.4. The summed E-state index contributed by atoms with van der Waals surface area (Å²) in [5.74, 6) is 0.180. The molecule has 1 amide bonds. The smallest absolute Gasteiger partial charge is 0.253 e. The van der Waals surface area contributed by atoms with Gasteiger partial charge in [0, 0.05) is 50.8 Å². The lowest BCUT2D eigenvalue weighted by atomic mass is 9.96. The fourth-order valence-electron chi connectivity index (χ4n) is 3.20. The minimum atomic E-state index is -0.112. The molecule has 0 unspecified atom stereocenters. The Bertz CT molecular complexity index is 597. The van der Waals surface area contributed by atoms with Gasteiger partial charge < -0.3 is 24.9 Å². The van der Waals surface area contributed by atoms with Crippen molar-refractivity contribution in [3.63, 3.8) is 0 Å². The monoisotopic (exact) mass is 369 g/mol. The number of likely N-dealkylation sites (N-methyl/N-ethyl adjacent to an activating group) is 2. The zero-order chi connectivity index (χ0) is 18.6. The molecule has 1 aliphatic rings. The van der Waals surface area contributed by atoms with Crippen molar-refractivity contribution in [2.24, 2.45) is 11.8 Å². The second-order valence-corrected chi connectivity index (χ2v) is 7.55. The van der Waals surface area contributed by atoms with Gasteiger partial charge in [0.05, 0.1) is 5.02 Å². The summed E-state index contributed by atoms with van der Waals surface area (Å²) < 4.78 is 0. The zero-order valence-corrected chi connectivity index (χ0v) is 15.9. The van der Waals surface area contributed by atoms with Crippen LogP contribution in [0.2, 0.25) is 5.02 Å². The third-order valence-electron chi connectivity index (χ3n) is 4.77.